The van der Waals surface area contributed by atoms with Crippen LogP contribution < -0.4 is 0 Å². The van der Waals surface area contributed by atoms with Gasteiger partial charge < -0.3 is 9.15 Å². The lowest BCUT2D eigenvalue weighted by Gasteiger charge is -2.08. The minimum absolute atomic E-state index is 0.291. The summed E-state index contributed by atoms with van der Waals surface area (Å²) < 4.78 is 12.8. The van der Waals surface area contributed by atoms with Gasteiger partial charge in [0.2, 0.25) is 0 Å². The largest absolute Gasteiger partial charge is 0.462 e. The van der Waals surface area contributed by atoms with Crippen LogP contribution in [-0.4, -0.2) is 12.6 Å². The van der Waals surface area contributed by atoms with Gasteiger partial charge in [0, 0.05) is 21.2 Å². The molecule has 3 nitrogen and oxygen atoms in total. The summed E-state index contributed by atoms with van der Waals surface area (Å²) >= 11 is 3.48. The third-order valence-electron chi connectivity index (χ3n) is 4.87. The van der Waals surface area contributed by atoms with Crippen LogP contribution >= 0.6 is 15.9 Å². The van der Waals surface area contributed by atoms with Crippen LogP contribution in [-0.2, 0) is 4.74 Å². The van der Waals surface area contributed by atoms with Crippen LogP contribution in [0.2, 0.25) is 0 Å². The Morgan fingerprint density at radius 3 is 2.07 bits per heavy atom. The minimum atomic E-state index is -0.390. The molecule has 0 aliphatic carbocycles. The number of carbonyl (C=O) groups excluding carboxylic acids is 1. The van der Waals surface area contributed by atoms with Crippen molar-refractivity contribution in [3.63, 3.8) is 0 Å². The van der Waals surface area contributed by atoms with Crippen LogP contribution in [0.4, 0.5) is 0 Å². The van der Waals surface area contributed by atoms with Crippen LogP contribution in [0.3, 0.4) is 0 Å². The number of carbonyl (C=O) groups is 1. The number of benzene rings is 3. The van der Waals surface area contributed by atoms with Crippen molar-refractivity contribution < 1.29 is 13.9 Å². The Morgan fingerprint density at radius 2 is 1.43 bits per heavy atom. The summed E-state index contributed by atoms with van der Waals surface area (Å²) in [7, 11) is 0. The highest BCUT2D eigenvalue weighted by molar-refractivity contribution is 9.10. The highest BCUT2D eigenvalue weighted by Crippen LogP contribution is 2.43. The lowest BCUT2D eigenvalue weighted by atomic mass is 9.95. The van der Waals surface area contributed by atoms with E-state index in [0.717, 1.165) is 32.3 Å². The summed E-state index contributed by atoms with van der Waals surface area (Å²) in [6.07, 6.45) is 0. The molecule has 0 aliphatic heterocycles. The van der Waals surface area contributed by atoms with Crippen LogP contribution in [0.5, 0.6) is 0 Å². The summed E-state index contributed by atoms with van der Waals surface area (Å²) in [6.45, 7) is 4.14. The van der Waals surface area contributed by atoms with Crippen LogP contribution in [0.25, 0.3) is 33.8 Å². The fraction of sp³-hybridized carbons (Fsp3) is 0.115. The molecule has 3 aromatic carbocycles. The molecule has 0 spiro atoms. The Labute approximate surface area is 184 Å². The Hall–Kier alpha value is -3.11. The van der Waals surface area contributed by atoms with E-state index in [1.165, 1.54) is 0 Å². The Balaban J connectivity index is 2.04. The van der Waals surface area contributed by atoms with Crippen molar-refractivity contribution in [1.29, 1.82) is 0 Å². The zero-order valence-corrected chi connectivity index (χ0v) is 18.4. The first kappa shape index (κ1) is 20.2. The van der Waals surface area contributed by atoms with Crippen molar-refractivity contribution in [2.24, 2.45) is 0 Å². The first-order valence-electron chi connectivity index (χ1n) is 9.80. The average Bonchev–Trinajstić information content (AvgIpc) is 3.16. The van der Waals surface area contributed by atoms with Gasteiger partial charge in [-0.25, -0.2) is 4.79 Å². The van der Waals surface area contributed by atoms with Gasteiger partial charge in [0.1, 0.15) is 17.1 Å². The van der Waals surface area contributed by atoms with E-state index in [1.54, 1.807) is 6.92 Å². The summed E-state index contributed by atoms with van der Waals surface area (Å²) in [5, 5.41) is 0. The van der Waals surface area contributed by atoms with Crippen molar-refractivity contribution in [3.05, 3.63) is 94.5 Å². The highest BCUT2D eigenvalue weighted by atomic mass is 79.9. The van der Waals surface area contributed by atoms with Gasteiger partial charge in [-0.3, -0.25) is 0 Å². The van der Waals surface area contributed by atoms with Gasteiger partial charge in [-0.2, -0.15) is 0 Å². The van der Waals surface area contributed by atoms with E-state index in [0.29, 0.717) is 23.7 Å². The van der Waals surface area contributed by atoms with Crippen molar-refractivity contribution in [1.82, 2.24) is 0 Å². The summed E-state index contributed by atoms with van der Waals surface area (Å²) in [6, 6.07) is 25.6. The zero-order valence-electron chi connectivity index (χ0n) is 16.8. The van der Waals surface area contributed by atoms with E-state index in [-0.39, 0.29) is 5.97 Å². The predicted molar refractivity (Wildman–Crippen MR) is 123 cm³/mol. The normalized spacial score (nSPS) is 10.8. The average molecular weight is 461 g/mol. The van der Waals surface area contributed by atoms with Gasteiger partial charge >= 0.3 is 5.97 Å². The molecule has 4 aromatic rings. The molecule has 150 valence electrons. The molecule has 0 atom stereocenters. The third kappa shape index (κ3) is 3.96. The van der Waals surface area contributed by atoms with E-state index in [9.17, 15) is 4.79 Å². The first-order chi connectivity index (χ1) is 14.6. The fourth-order valence-electron chi connectivity index (χ4n) is 3.42. The zero-order chi connectivity index (χ0) is 21.1. The monoisotopic (exact) mass is 460 g/mol. The Kier molecular flexibility index (Phi) is 5.86. The van der Waals surface area contributed by atoms with Gasteiger partial charge in [-0.1, -0.05) is 88.2 Å². The summed E-state index contributed by atoms with van der Waals surface area (Å²) in [4.78, 5) is 13.1. The first-order valence-corrected chi connectivity index (χ1v) is 10.6. The van der Waals surface area contributed by atoms with E-state index in [2.05, 4.69) is 15.9 Å². The number of hydrogen-bond donors (Lipinski definition) is 0. The molecule has 0 bridgehead atoms. The highest BCUT2D eigenvalue weighted by Gasteiger charge is 2.29. The quantitative estimate of drug-likeness (QED) is 0.289. The van der Waals surface area contributed by atoms with Crippen molar-refractivity contribution >= 4 is 21.9 Å². The second-order valence-electron chi connectivity index (χ2n) is 6.97. The summed E-state index contributed by atoms with van der Waals surface area (Å²) in [5.74, 6) is 0.773. The number of aryl methyl sites for hydroxylation is 1. The molecule has 0 aliphatic rings. The third-order valence-corrected chi connectivity index (χ3v) is 5.40. The molecular weight excluding hydrogens is 440 g/mol. The van der Waals surface area contributed by atoms with Crippen LogP contribution in [0.15, 0.2) is 87.8 Å². The lowest BCUT2D eigenvalue weighted by molar-refractivity contribution is 0.0527. The number of esters is 1. The minimum Gasteiger partial charge on any atom is -0.462 e. The van der Waals surface area contributed by atoms with Crippen molar-refractivity contribution in [2.75, 3.05) is 6.61 Å². The second-order valence-corrected chi connectivity index (χ2v) is 7.89. The molecule has 0 amide bonds. The maximum absolute atomic E-state index is 13.1. The second kappa shape index (κ2) is 8.72. The Morgan fingerprint density at radius 1 is 0.833 bits per heavy atom. The number of rotatable bonds is 5. The molecule has 1 aromatic heterocycles. The molecule has 4 heteroatoms. The van der Waals surface area contributed by atoms with Gasteiger partial charge in [-0.15, -0.1) is 0 Å². The number of ether oxygens (including phenoxy) is 1. The number of hydrogen-bond acceptors (Lipinski definition) is 3. The maximum Gasteiger partial charge on any atom is 0.342 e. The van der Waals surface area contributed by atoms with E-state index < -0.39 is 0 Å². The molecule has 0 unspecified atom stereocenters. The molecule has 1 heterocycles. The van der Waals surface area contributed by atoms with Gasteiger partial charge in [0.25, 0.3) is 0 Å². The standard InChI is InChI=1S/C26H21BrO3/c1-3-29-26(28)23-22(18-11-9-17(2)10-12-18)24(20-13-15-21(27)16-14-20)30-25(23)19-7-5-4-6-8-19/h4-16H,3H2,1-2H3. The van der Waals surface area contributed by atoms with E-state index >= 15 is 0 Å². The summed E-state index contributed by atoms with van der Waals surface area (Å²) in [5.41, 5.74) is 4.97. The lowest BCUT2D eigenvalue weighted by Crippen LogP contribution is -2.06. The number of furan rings is 1. The van der Waals surface area contributed by atoms with Gasteiger partial charge in [0.05, 0.1) is 6.61 Å². The van der Waals surface area contributed by atoms with E-state index in [1.807, 2.05) is 85.8 Å². The van der Waals surface area contributed by atoms with E-state index in [4.69, 9.17) is 9.15 Å². The molecule has 0 saturated carbocycles. The van der Waals surface area contributed by atoms with Crippen LogP contribution in [0.1, 0.15) is 22.8 Å². The SMILES string of the molecule is CCOC(=O)c1c(-c2ccccc2)oc(-c2ccc(Br)cc2)c1-c1ccc(C)cc1. The molecule has 0 fully saturated rings. The van der Waals surface area contributed by atoms with Crippen LogP contribution in [0, 0.1) is 6.92 Å². The van der Waals surface area contributed by atoms with Crippen molar-refractivity contribution in [2.45, 2.75) is 13.8 Å². The molecule has 0 N–H and O–H groups in total. The smallest absolute Gasteiger partial charge is 0.342 e. The number of halogens is 1. The molecule has 0 saturated heterocycles. The molecule has 4 rings (SSSR count). The molecule has 30 heavy (non-hydrogen) atoms. The predicted octanol–water partition coefficient (Wildman–Crippen LogP) is 7.53. The Bertz CT molecular complexity index is 1160. The molecule has 0 radical (unpaired) electrons. The molecular formula is C26H21BrO3. The van der Waals surface area contributed by atoms with Crippen molar-refractivity contribution in [3.8, 4) is 33.8 Å². The van der Waals surface area contributed by atoms with Gasteiger partial charge in [0.15, 0.2) is 0 Å². The topological polar surface area (TPSA) is 39.4 Å². The van der Waals surface area contributed by atoms with Gasteiger partial charge in [-0.05, 0) is 31.5 Å². The fourth-order valence-corrected chi connectivity index (χ4v) is 3.69. The maximum atomic E-state index is 13.1.